The normalized spacial score (nSPS) is 12.1. The van der Waals surface area contributed by atoms with Crippen molar-refractivity contribution in [1.29, 1.82) is 0 Å². The van der Waals surface area contributed by atoms with E-state index >= 15 is 0 Å². The smallest absolute Gasteiger partial charge is 0.266 e. The van der Waals surface area contributed by atoms with Crippen molar-refractivity contribution < 1.29 is 4.79 Å². The summed E-state index contributed by atoms with van der Waals surface area (Å²) in [6.07, 6.45) is 2.44. The van der Waals surface area contributed by atoms with Gasteiger partial charge in [0.15, 0.2) is 0 Å². The van der Waals surface area contributed by atoms with Gasteiger partial charge in [-0.1, -0.05) is 80.4 Å². The summed E-state index contributed by atoms with van der Waals surface area (Å²) in [5.74, 6) is 0.541. The molecular formula is C33H33N3O2. The van der Waals surface area contributed by atoms with E-state index < -0.39 is 0 Å². The average molecular weight is 504 g/mol. The van der Waals surface area contributed by atoms with Crippen molar-refractivity contribution in [2.75, 3.05) is 6.54 Å². The van der Waals surface area contributed by atoms with Gasteiger partial charge in [-0.2, -0.15) is 0 Å². The number of aryl methyl sites for hydroxylation is 1. The topological polar surface area (TPSA) is 55.2 Å². The first-order chi connectivity index (χ1) is 18.5. The van der Waals surface area contributed by atoms with Crippen molar-refractivity contribution in [3.05, 3.63) is 118 Å². The summed E-state index contributed by atoms with van der Waals surface area (Å²) < 4.78 is 1.70. The molecule has 1 aromatic heterocycles. The molecule has 0 aliphatic heterocycles. The molecule has 1 heterocycles. The third-order valence-electron chi connectivity index (χ3n) is 7.16. The molecule has 0 aliphatic carbocycles. The molecule has 5 aromatic rings. The highest BCUT2D eigenvalue weighted by Gasteiger charge is 2.29. The number of carbonyl (C=O) groups is 1. The van der Waals surface area contributed by atoms with Crippen LogP contribution in [-0.4, -0.2) is 26.9 Å². The van der Waals surface area contributed by atoms with Gasteiger partial charge >= 0.3 is 0 Å². The van der Waals surface area contributed by atoms with Gasteiger partial charge in [0.2, 0.25) is 0 Å². The molecule has 0 saturated heterocycles. The van der Waals surface area contributed by atoms with E-state index in [2.05, 4.69) is 13.8 Å². The van der Waals surface area contributed by atoms with Gasteiger partial charge in [-0.05, 0) is 66.9 Å². The Morgan fingerprint density at radius 3 is 2.34 bits per heavy atom. The fraction of sp³-hybridized carbons (Fsp3) is 0.242. The lowest BCUT2D eigenvalue weighted by Gasteiger charge is -2.32. The Hall–Kier alpha value is -4.25. The molecule has 192 valence electrons. The summed E-state index contributed by atoms with van der Waals surface area (Å²) in [5, 5.41) is 2.69. The highest BCUT2D eigenvalue weighted by atomic mass is 16.2. The molecule has 0 fully saturated rings. The Kier molecular flexibility index (Phi) is 7.36. The lowest BCUT2D eigenvalue weighted by atomic mass is 10.0. The molecule has 0 spiro atoms. The molecule has 1 atom stereocenters. The summed E-state index contributed by atoms with van der Waals surface area (Å²) >= 11 is 0. The fourth-order valence-electron chi connectivity index (χ4n) is 5.07. The zero-order valence-corrected chi connectivity index (χ0v) is 22.2. The molecule has 0 aliphatic rings. The van der Waals surface area contributed by atoms with Crippen LogP contribution in [0.2, 0.25) is 0 Å². The van der Waals surface area contributed by atoms with E-state index in [1.165, 1.54) is 0 Å². The predicted octanol–water partition coefficient (Wildman–Crippen LogP) is 7.24. The minimum Gasteiger partial charge on any atom is -0.328 e. The van der Waals surface area contributed by atoms with Crippen LogP contribution in [0.15, 0.2) is 95.8 Å². The molecule has 0 radical (unpaired) electrons. The summed E-state index contributed by atoms with van der Waals surface area (Å²) in [6, 6.07) is 28.9. The zero-order chi connectivity index (χ0) is 26.6. The van der Waals surface area contributed by atoms with E-state index in [0.29, 0.717) is 35.3 Å². The first kappa shape index (κ1) is 25.4. The number of amides is 1. The van der Waals surface area contributed by atoms with E-state index in [0.717, 1.165) is 34.9 Å². The van der Waals surface area contributed by atoms with Gasteiger partial charge in [0.25, 0.3) is 11.5 Å². The van der Waals surface area contributed by atoms with E-state index in [-0.39, 0.29) is 17.5 Å². The molecule has 5 rings (SSSR count). The second kappa shape index (κ2) is 11.0. The van der Waals surface area contributed by atoms with E-state index in [9.17, 15) is 9.59 Å². The Morgan fingerprint density at radius 1 is 0.895 bits per heavy atom. The first-order valence-electron chi connectivity index (χ1n) is 13.4. The van der Waals surface area contributed by atoms with Crippen LogP contribution < -0.4 is 5.56 Å². The van der Waals surface area contributed by atoms with Crippen molar-refractivity contribution in [3.63, 3.8) is 0 Å². The summed E-state index contributed by atoms with van der Waals surface area (Å²) in [7, 11) is 0. The Bertz CT molecular complexity index is 1650. The molecule has 0 saturated carbocycles. The van der Waals surface area contributed by atoms with E-state index in [1.807, 2.05) is 103 Å². The molecule has 1 amide bonds. The van der Waals surface area contributed by atoms with Crippen molar-refractivity contribution in [3.8, 4) is 5.69 Å². The Balaban J connectivity index is 1.69. The molecule has 0 bridgehead atoms. The number of hydrogen-bond donors (Lipinski definition) is 0. The van der Waals surface area contributed by atoms with E-state index in [1.54, 1.807) is 4.57 Å². The van der Waals surface area contributed by atoms with Crippen molar-refractivity contribution in [1.82, 2.24) is 14.5 Å². The Labute approximate surface area is 223 Å². The zero-order valence-electron chi connectivity index (χ0n) is 22.2. The molecule has 1 unspecified atom stereocenters. The maximum Gasteiger partial charge on any atom is 0.266 e. The number of hydrogen-bond acceptors (Lipinski definition) is 3. The van der Waals surface area contributed by atoms with Crippen LogP contribution in [0.1, 0.15) is 60.9 Å². The van der Waals surface area contributed by atoms with Gasteiger partial charge in [-0.3, -0.25) is 14.2 Å². The third kappa shape index (κ3) is 4.84. The van der Waals surface area contributed by atoms with Crippen molar-refractivity contribution in [2.24, 2.45) is 0 Å². The Morgan fingerprint density at radius 2 is 1.61 bits per heavy atom. The van der Waals surface area contributed by atoms with Gasteiger partial charge in [0.05, 0.1) is 22.6 Å². The highest BCUT2D eigenvalue weighted by molar-refractivity contribution is 5.98. The molecular weight excluding hydrogens is 470 g/mol. The fourth-order valence-corrected chi connectivity index (χ4v) is 5.07. The quantitative estimate of drug-likeness (QED) is 0.224. The summed E-state index contributed by atoms with van der Waals surface area (Å²) in [5.41, 5.74) is 3.02. The van der Waals surface area contributed by atoms with Gasteiger partial charge in [0.1, 0.15) is 5.82 Å². The van der Waals surface area contributed by atoms with Gasteiger partial charge in [-0.25, -0.2) is 4.98 Å². The lowest BCUT2D eigenvalue weighted by molar-refractivity contribution is 0.0656. The maximum absolute atomic E-state index is 14.1. The SMILES string of the molecule is CCCCN(C(=O)c1ccc2ccccc2c1)C(CC)c1nc2ccccc2c(=O)n1-c1ccc(C)cc1. The summed E-state index contributed by atoms with van der Waals surface area (Å²) in [4.78, 5) is 35.0. The van der Waals surface area contributed by atoms with Crippen LogP contribution in [0.5, 0.6) is 0 Å². The van der Waals surface area contributed by atoms with Crippen LogP contribution in [-0.2, 0) is 0 Å². The van der Waals surface area contributed by atoms with Gasteiger partial charge in [-0.15, -0.1) is 0 Å². The number of aromatic nitrogens is 2. The lowest BCUT2D eigenvalue weighted by Crippen LogP contribution is -2.39. The first-order valence-corrected chi connectivity index (χ1v) is 13.4. The second-order valence-corrected chi connectivity index (χ2v) is 9.80. The van der Waals surface area contributed by atoms with Crippen LogP contribution in [0.3, 0.4) is 0 Å². The third-order valence-corrected chi connectivity index (χ3v) is 7.16. The maximum atomic E-state index is 14.1. The number of rotatable bonds is 8. The molecule has 5 nitrogen and oxygen atoms in total. The highest BCUT2D eigenvalue weighted by Crippen LogP contribution is 2.29. The molecule has 5 heteroatoms. The number of carbonyl (C=O) groups excluding carboxylic acids is 1. The monoisotopic (exact) mass is 503 g/mol. The van der Waals surface area contributed by atoms with E-state index in [4.69, 9.17) is 4.98 Å². The van der Waals surface area contributed by atoms with Gasteiger partial charge < -0.3 is 4.90 Å². The average Bonchev–Trinajstić information content (AvgIpc) is 2.95. The van der Waals surface area contributed by atoms with Crippen LogP contribution in [0.4, 0.5) is 0 Å². The van der Waals surface area contributed by atoms with Crippen molar-refractivity contribution >= 4 is 27.6 Å². The van der Waals surface area contributed by atoms with Gasteiger partial charge in [0, 0.05) is 12.1 Å². The number of nitrogens with zero attached hydrogens (tertiary/aromatic N) is 3. The van der Waals surface area contributed by atoms with Crippen LogP contribution >= 0.6 is 0 Å². The number of benzene rings is 4. The van der Waals surface area contributed by atoms with Crippen molar-refractivity contribution in [2.45, 2.75) is 46.1 Å². The van der Waals surface area contributed by atoms with Crippen LogP contribution in [0.25, 0.3) is 27.4 Å². The summed E-state index contributed by atoms with van der Waals surface area (Å²) in [6.45, 7) is 6.78. The minimum absolute atomic E-state index is 0.0473. The molecule has 0 N–H and O–H groups in total. The number of fused-ring (bicyclic) bond motifs is 2. The number of unbranched alkanes of at least 4 members (excludes halogenated alkanes) is 1. The second-order valence-electron chi connectivity index (χ2n) is 9.80. The predicted molar refractivity (Wildman–Crippen MR) is 155 cm³/mol. The minimum atomic E-state index is -0.376. The number of para-hydroxylation sites is 1. The molecule has 4 aromatic carbocycles. The largest absolute Gasteiger partial charge is 0.328 e. The molecule has 38 heavy (non-hydrogen) atoms. The van der Waals surface area contributed by atoms with Crippen LogP contribution in [0, 0.1) is 6.92 Å². The standard InChI is InChI=1S/C33H33N3O2/c1-4-6-21-35(32(37)26-18-17-24-11-7-8-12-25(24)22-26)30(5-2)31-34-29-14-10-9-13-28(29)33(38)36(31)27-19-15-23(3)16-20-27/h7-20,22,30H,4-6,21H2,1-3H3.